The minimum Gasteiger partial charge on any atom is -0.347 e. The summed E-state index contributed by atoms with van der Waals surface area (Å²) in [6, 6.07) is 17.0. The monoisotopic (exact) mass is 392 g/mol. The van der Waals surface area contributed by atoms with Gasteiger partial charge in [-0.2, -0.15) is 0 Å². The van der Waals surface area contributed by atoms with Crippen LogP contribution in [-0.4, -0.2) is 21.9 Å². The summed E-state index contributed by atoms with van der Waals surface area (Å²) in [6.07, 6.45) is 3.58. The molecule has 3 nitrogen and oxygen atoms in total. The first-order chi connectivity index (χ1) is 13.3. The van der Waals surface area contributed by atoms with Gasteiger partial charge in [-0.25, -0.2) is 0 Å². The second-order valence-electron chi connectivity index (χ2n) is 6.87. The van der Waals surface area contributed by atoms with Crippen LogP contribution in [0.5, 0.6) is 0 Å². The molecule has 5 rings (SSSR count). The molecule has 0 fully saturated rings. The second kappa shape index (κ2) is 6.98. The van der Waals surface area contributed by atoms with Crippen molar-refractivity contribution in [2.45, 2.75) is 25.4 Å². The van der Waals surface area contributed by atoms with Crippen LogP contribution < -0.4 is 0 Å². The molecule has 0 spiro atoms. The predicted octanol–water partition coefficient (Wildman–Crippen LogP) is 5.33. The summed E-state index contributed by atoms with van der Waals surface area (Å²) in [5.41, 5.74) is 2.51. The molecular formula is C22H20N2OS2. The van der Waals surface area contributed by atoms with Crippen molar-refractivity contribution in [2.75, 3.05) is 6.54 Å². The number of thiophene rings is 2. The molecule has 0 bridgehead atoms. The molecule has 136 valence electrons. The zero-order valence-electron chi connectivity index (χ0n) is 14.9. The first-order valence-electron chi connectivity index (χ1n) is 9.24. The molecule has 0 unspecified atom stereocenters. The maximum Gasteiger partial charge on any atom is 0.225 e. The Morgan fingerprint density at radius 3 is 2.85 bits per heavy atom. The van der Waals surface area contributed by atoms with Crippen LogP contribution in [-0.2, 0) is 17.8 Å². The molecular weight excluding hydrogens is 372 g/mol. The highest BCUT2D eigenvalue weighted by Gasteiger charge is 2.33. The van der Waals surface area contributed by atoms with Crippen molar-refractivity contribution in [2.24, 2.45) is 0 Å². The molecule has 5 heteroatoms. The molecule has 27 heavy (non-hydrogen) atoms. The van der Waals surface area contributed by atoms with Gasteiger partial charge in [0.25, 0.3) is 0 Å². The van der Waals surface area contributed by atoms with Crippen LogP contribution in [0.15, 0.2) is 65.5 Å². The smallest absolute Gasteiger partial charge is 0.225 e. The fraction of sp³-hybridized carbons (Fsp3) is 0.227. The van der Waals surface area contributed by atoms with Crippen LogP contribution in [0.1, 0.15) is 27.8 Å². The number of para-hydroxylation sites is 1. The van der Waals surface area contributed by atoms with Gasteiger partial charge in [-0.1, -0.05) is 24.3 Å². The molecule has 0 saturated heterocycles. The third kappa shape index (κ3) is 3.01. The molecule has 0 aliphatic carbocycles. The van der Waals surface area contributed by atoms with E-state index in [2.05, 4.69) is 75.0 Å². The van der Waals surface area contributed by atoms with E-state index in [1.54, 1.807) is 11.3 Å². The van der Waals surface area contributed by atoms with E-state index < -0.39 is 0 Å². The van der Waals surface area contributed by atoms with Gasteiger partial charge < -0.3 is 9.47 Å². The SMILES string of the molecule is O=C(CCn1ccc2ccccc21)N1CCc2sccc2[C@@H]1c1cccs1. The lowest BCUT2D eigenvalue weighted by Gasteiger charge is -2.35. The Bertz CT molecular complexity index is 1080. The quantitative estimate of drug-likeness (QED) is 0.461. The maximum atomic E-state index is 13.2. The highest BCUT2D eigenvalue weighted by atomic mass is 32.1. The number of hydrogen-bond donors (Lipinski definition) is 0. The Hall–Kier alpha value is -2.37. The van der Waals surface area contributed by atoms with Gasteiger partial charge in [0.2, 0.25) is 5.91 Å². The zero-order valence-corrected chi connectivity index (χ0v) is 16.5. The first kappa shape index (κ1) is 16.8. The van der Waals surface area contributed by atoms with Gasteiger partial charge in [-0.15, -0.1) is 22.7 Å². The fourth-order valence-electron chi connectivity index (χ4n) is 4.03. The molecule has 1 atom stereocenters. The third-order valence-electron chi connectivity index (χ3n) is 5.35. The van der Waals surface area contributed by atoms with E-state index in [1.807, 2.05) is 11.3 Å². The average molecular weight is 393 g/mol. The minimum absolute atomic E-state index is 0.0777. The van der Waals surface area contributed by atoms with Gasteiger partial charge in [0, 0.05) is 41.0 Å². The molecule has 4 aromatic rings. The van der Waals surface area contributed by atoms with E-state index in [4.69, 9.17) is 0 Å². The lowest BCUT2D eigenvalue weighted by atomic mass is 9.98. The fourth-order valence-corrected chi connectivity index (χ4v) is 5.79. The van der Waals surface area contributed by atoms with Gasteiger partial charge in [-0.05, 0) is 52.4 Å². The number of nitrogens with zero attached hydrogens (tertiary/aromatic N) is 2. The second-order valence-corrected chi connectivity index (χ2v) is 8.85. The van der Waals surface area contributed by atoms with Crippen LogP contribution in [0.2, 0.25) is 0 Å². The third-order valence-corrected chi connectivity index (χ3v) is 7.27. The number of aromatic nitrogens is 1. The van der Waals surface area contributed by atoms with Crippen LogP contribution in [0.4, 0.5) is 0 Å². The van der Waals surface area contributed by atoms with Crippen LogP contribution >= 0.6 is 22.7 Å². The largest absolute Gasteiger partial charge is 0.347 e. The molecule has 0 radical (unpaired) electrons. The first-order valence-corrected chi connectivity index (χ1v) is 11.0. The maximum absolute atomic E-state index is 13.2. The molecule has 1 aliphatic heterocycles. The number of aryl methyl sites for hydroxylation is 1. The number of carbonyl (C=O) groups excluding carboxylic acids is 1. The Labute approximate surface area is 166 Å². The Morgan fingerprint density at radius 2 is 1.96 bits per heavy atom. The summed E-state index contributed by atoms with van der Waals surface area (Å²) in [5.74, 6) is 0.239. The van der Waals surface area contributed by atoms with E-state index in [9.17, 15) is 4.79 Å². The Morgan fingerprint density at radius 1 is 1.04 bits per heavy atom. The van der Waals surface area contributed by atoms with Gasteiger partial charge in [0.15, 0.2) is 0 Å². The van der Waals surface area contributed by atoms with E-state index in [0.29, 0.717) is 6.42 Å². The van der Waals surface area contributed by atoms with Crippen molar-refractivity contribution >= 4 is 39.5 Å². The summed E-state index contributed by atoms with van der Waals surface area (Å²) >= 11 is 3.56. The number of benzene rings is 1. The normalized spacial score (nSPS) is 16.6. The number of carbonyl (C=O) groups is 1. The summed E-state index contributed by atoms with van der Waals surface area (Å²) in [6.45, 7) is 1.53. The number of hydrogen-bond acceptors (Lipinski definition) is 3. The minimum atomic E-state index is 0.0777. The van der Waals surface area contributed by atoms with E-state index in [1.165, 1.54) is 26.2 Å². The molecule has 4 heterocycles. The van der Waals surface area contributed by atoms with Gasteiger partial charge >= 0.3 is 0 Å². The van der Waals surface area contributed by atoms with E-state index >= 15 is 0 Å². The molecule has 1 aromatic carbocycles. The molecule has 0 N–H and O–H groups in total. The summed E-state index contributed by atoms with van der Waals surface area (Å²) in [4.78, 5) is 18.0. The molecule has 3 aromatic heterocycles. The zero-order chi connectivity index (χ0) is 18.2. The molecule has 1 amide bonds. The lowest BCUT2D eigenvalue weighted by molar-refractivity contribution is -0.133. The van der Waals surface area contributed by atoms with Crippen molar-refractivity contribution in [3.8, 4) is 0 Å². The van der Waals surface area contributed by atoms with Crippen molar-refractivity contribution in [3.63, 3.8) is 0 Å². The van der Waals surface area contributed by atoms with Crippen molar-refractivity contribution < 1.29 is 4.79 Å². The van der Waals surface area contributed by atoms with Gasteiger partial charge in [0.05, 0.1) is 6.04 Å². The summed E-state index contributed by atoms with van der Waals surface area (Å²) in [5, 5.41) is 5.48. The van der Waals surface area contributed by atoms with Crippen LogP contribution in [0.3, 0.4) is 0 Å². The number of amides is 1. The van der Waals surface area contributed by atoms with E-state index in [0.717, 1.165) is 19.5 Å². The van der Waals surface area contributed by atoms with Gasteiger partial charge in [-0.3, -0.25) is 4.79 Å². The topological polar surface area (TPSA) is 25.2 Å². The lowest BCUT2D eigenvalue weighted by Crippen LogP contribution is -2.40. The summed E-state index contributed by atoms with van der Waals surface area (Å²) < 4.78 is 2.19. The number of fused-ring (bicyclic) bond motifs is 2. The Kier molecular flexibility index (Phi) is 4.34. The highest BCUT2D eigenvalue weighted by molar-refractivity contribution is 7.10. The molecule has 0 saturated carbocycles. The van der Waals surface area contributed by atoms with Gasteiger partial charge in [0.1, 0.15) is 0 Å². The standard InChI is InChI=1S/C22H20N2OS2/c25-21(9-12-23-11-7-16-4-1-2-5-18(16)23)24-13-8-19-17(10-15-27-19)22(24)20-6-3-14-26-20/h1-7,10-11,14-15,22H,8-9,12-13H2/t22-/m1/s1. The average Bonchev–Trinajstić information content (AvgIpc) is 3.45. The Balaban J connectivity index is 1.39. The van der Waals surface area contributed by atoms with Crippen LogP contribution in [0.25, 0.3) is 10.9 Å². The van der Waals surface area contributed by atoms with Crippen molar-refractivity contribution in [1.29, 1.82) is 0 Å². The molecule has 1 aliphatic rings. The van der Waals surface area contributed by atoms with Crippen LogP contribution in [0, 0.1) is 0 Å². The summed E-state index contributed by atoms with van der Waals surface area (Å²) in [7, 11) is 0. The predicted molar refractivity (Wildman–Crippen MR) is 112 cm³/mol. The van der Waals surface area contributed by atoms with Crippen molar-refractivity contribution in [1.82, 2.24) is 9.47 Å². The number of rotatable bonds is 4. The van der Waals surface area contributed by atoms with E-state index in [-0.39, 0.29) is 11.9 Å². The highest BCUT2D eigenvalue weighted by Crippen LogP contribution is 2.39. The van der Waals surface area contributed by atoms with Crippen molar-refractivity contribution in [3.05, 3.63) is 80.8 Å².